The zero-order chi connectivity index (χ0) is 15.2. The van der Waals surface area contributed by atoms with E-state index in [9.17, 15) is 4.79 Å². The van der Waals surface area contributed by atoms with E-state index in [4.69, 9.17) is 9.47 Å². The summed E-state index contributed by atoms with van der Waals surface area (Å²) in [5.41, 5.74) is 1.67. The largest absolute Gasteiger partial charge is 0.497 e. The van der Waals surface area contributed by atoms with E-state index in [-0.39, 0.29) is 12.3 Å². The molecule has 0 aliphatic carbocycles. The third kappa shape index (κ3) is 3.54. The molecule has 0 unspecified atom stereocenters. The summed E-state index contributed by atoms with van der Waals surface area (Å²) in [6, 6.07) is 15.0. The van der Waals surface area contributed by atoms with Crippen molar-refractivity contribution in [2.75, 3.05) is 26.2 Å². The van der Waals surface area contributed by atoms with Crippen molar-refractivity contribution in [1.29, 1.82) is 0 Å². The zero-order valence-electron chi connectivity index (χ0n) is 12.5. The molecule has 0 N–H and O–H groups in total. The molecule has 110 valence electrons. The van der Waals surface area contributed by atoms with Gasteiger partial charge in [0.1, 0.15) is 11.5 Å². The summed E-state index contributed by atoms with van der Waals surface area (Å²) in [5.74, 6) is 1.39. The van der Waals surface area contributed by atoms with Crippen molar-refractivity contribution in [3.8, 4) is 11.5 Å². The van der Waals surface area contributed by atoms with Gasteiger partial charge in [-0.25, -0.2) is 0 Å². The average Bonchev–Trinajstić information content (AvgIpc) is 2.54. The molecule has 2 aromatic rings. The summed E-state index contributed by atoms with van der Waals surface area (Å²) in [4.78, 5) is 14.0. The lowest BCUT2D eigenvalue weighted by atomic mass is 10.1. The van der Waals surface area contributed by atoms with Crippen LogP contribution in [0.3, 0.4) is 0 Å². The average molecular weight is 285 g/mol. The van der Waals surface area contributed by atoms with Gasteiger partial charge in [0.05, 0.1) is 20.6 Å². The highest BCUT2D eigenvalue weighted by atomic mass is 16.5. The van der Waals surface area contributed by atoms with E-state index in [2.05, 4.69) is 0 Å². The van der Waals surface area contributed by atoms with Crippen molar-refractivity contribution in [1.82, 2.24) is 0 Å². The predicted octanol–water partition coefficient (Wildman–Crippen LogP) is 2.91. The molecule has 4 heteroatoms. The van der Waals surface area contributed by atoms with Gasteiger partial charge in [0.2, 0.25) is 5.91 Å². The molecular weight excluding hydrogens is 266 g/mol. The quantitative estimate of drug-likeness (QED) is 0.848. The lowest BCUT2D eigenvalue weighted by Crippen LogP contribution is -2.27. The van der Waals surface area contributed by atoms with Crippen LogP contribution in [0.1, 0.15) is 5.56 Å². The van der Waals surface area contributed by atoms with E-state index in [0.29, 0.717) is 11.5 Å². The maximum absolute atomic E-state index is 12.4. The van der Waals surface area contributed by atoms with Crippen LogP contribution in [0.2, 0.25) is 0 Å². The lowest BCUT2D eigenvalue weighted by Gasteiger charge is -2.18. The number of ether oxygens (including phenoxy) is 2. The molecule has 0 saturated heterocycles. The molecule has 4 nitrogen and oxygen atoms in total. The van der Waals surface area contributed by atoms with Crippen molar-refractivity contribution in [2.45, 2.75) is 6.42 Å². The summed E-state index contributed by atoms with van der Waals surface area (Å²) in [5, 5.41) is 0. The fraction of sp³-hybridized carbons (Fsp3) is 0.235. The van der Waals surface area contributed by atoms with Gasteiger partial charge in [-0.3, -0.25) is 4.79 Å². The fourth-order valence-electron chi connectivity index (χ4n) is 2.10. The van der Waals surface area contributed by atoms with Gasteiger partial charge in [0, 0.05) is 18.3 Å². The van der Waals surface area contributed by atoms with Crippen LogP contribution >= 0.6 is 0 Å². The molecule has 1 amide bonds. The molecule has 0 heterocycles. The van der Waals surface area contributed by atoms with E-state index >= 15 is 0 Å². The highest BCUT2D eigenvalue weighted by Gasteiger charge is 2.15. The third-order valence-corrected chi connectivity index (χ3v) is 3.35. The Labute approximate surface area is 124 Å². The number of likely N-dealkylation sites (N-methyl/N-ethyl adjacent to an activating group) is 1. The van der Waals surface area contributed by atoms with E-state index < -0.39 is 0 Å². The van der Waals surface area contributed by atoms with Gasteiger partial charge in [0.15, 0.2) is 0 Å². The molecular formula is C17H19NO3. The number of para-hydroxylation sites is 1. The van der Waals surface area contributed by atoms with Crippen molar-refractivity contribution >= 4 is 11.6 Å². The van der Waals surface area contributed by atoms with Gasteiger partial charge < -0.3 is 14.4 Å². The summed E-state index contributed by atoms with van der Waals surface area (Å²) >= 11 is 0. The van der Waals surface area contributed by atoms with Crippen LogP contribution in [0.25, 0.3) is 0 Å². The Morgan fingerprint density at radius 3 is 2.38 bits per heavy atom. The number of methoxy groups -OCH3 is 2. The molecule has 2 aromatic carbocycles. The number of carbonyl (C=O) groups is 1. The van der Waals surface area contributed by atoms with Crippen LogP contribution < -0.4 is 14.4 Å². The van der Waals surface area contributed by atoms with Crippen LogP contribution in [-0.2, 0) is 11.2 Å². The summed E-state index contributed by atoms with van der Waals surface area (Å²) < 4.78 is 10.5. The van der Waals surface area contributed by atoms with Gasteiger partial charge in [0.25, 0.3) is 0 Å². The topological polar surface area (TPSA) is 38.8 Å². The van der Waals surface area contributed by atoms with E-state index in [1.54, 1.807) is 26.2 Å². The number of amides is 1. The van der Waals surface area contributed by atoms with Crippen LogP contribution in [0.5, 0.6) is 11.5 Å². The van der Waals surface area contributed by atoms with Crippen LogP contribution in [0.4, 0.5) is 5.69 Å². The first-order valence-electron chi connectivity index (χ1n) is 6.68. The highest BCUT2D eigenvalue weighted by Crippen LogP contribution is 2.25. The normalized spacial score (nSPS) is 10.0. The maximum atomic E-state index is 12.4. The number of anilines is 1. The van der Waals surface area contributed by atoms with E-state index in [1.807, 2.05) is 48.5 Å². The summed E-state index contributed by atoms with van der Waals surface area (Å²) in [6.45, 7) is 0. The second kappa shape index (κ2) is 6.79. The minimum Gasteiger partial charge on any atom is -0.497 e. The van der Waals surface area contributed by atoms with E-state index in [1.165, 1.54) is 0 Å². The van der Waals surface area contributed by atoms with E-state index in [0.717, 1.165) is 11.3 Å². The molecule has 0 aromatic heterocycles. The minimum absolute atomic E-state index is 0.00671. The first-order chi connectivity index (χ1) is 10.2. The Morgan fingerprint density at radius 2 is 1.76 bits per heavy atom. The molecule has 0 bridgehead atoms. The molecule has 0 saturated carbocycles. The van der Waals surface area contributed by atoms with Crippen molar-refractivity contribution in [3.05, 3.63) is 54.1 Å². The predicted molar refractivity (Wildman–Crippen MR) is 83.1 cm³/mol. The minimum atomic E-state index is -0.00671. The second-order valence-corrected chi connectivity index (χ2v) is 4.64. The standard InChI is InChI=1S/C17H19NO3/c1-18(14-7-5-4-6-8-14)17(19)12-13-11-15(20-2)9-10-16(13)21-3/h4-11H,12H2,1-3H3. The maximum Gasteiger partial charge on any atom is 0.231 e. The molecule has 0 aliphatic rings. The van der Waals surface area contributed by atoms with Crippen LogP contribution in [0, 0.1) is 0 Å². The molecule has 0 spiro atoms. The highest BCUT2D eigenvalue weighted by molar-refractivity contribution is 5.94. The Balaban J connectivity index is 2.19. The molecule has 0 atom stereocenters. The number of carbonyl (C=O) groups excluding carboxylic acids is 1. The van der Waals surface area contributed by atoms with Crippen LogP contribution in [-0.4, -0.2) is 27.2 Å². The second-order valence-electron chi connectivity index (χ2n) is 4.64. The Bertz CT molecular complexity index is 611. The zero-order valence-corrected chi connectivity index (χ0v) is 12.5. The number of hydrogen-bond donors (Lipinski definition) is 0. The van der Waals surface area contributed by atoms with Gasteiger partial charge in [-0.05, 0) is 30.3 Å². The molecule has 2 rings (SSSR count). The summed E-state index contributed by atoms with van der Waals surface area (Å²) in [7, 11) is 4.96. The first kappa shape index (κ1) is 14.9. The molecule has 0 radical (unpaired) electrons. The lowest BCUT2D eigenvalue weighted by molar-refractivity contribution is -0.117. The molecule has 0 aliphatic heterocycles. The Kier molecular flexibility index (Phi) is 4.82. The first-order valence-corrected chi connectivity index (χ1v) is 6.68. The number of rotatable bonds is 5. The van der Waals surface area contributed by atoms with Gasteiger partial charge in [-0.2, -0.15) is 0 Å². The SMILES string of the molecule is COc1ccc(OC)c(CC(=O)N(C)c2ccccc2)c1. The van der Waals surface area contributed by atoms with Gasteiger partial charge in [-0.15, -0.1) is 0 Å². The number of hydrogen-bond acceptors (Lipinski definition) is 3. The van der Waals surface area contributed by atoms with Crippen molar-refractivity contribution in [3.63, 3.8) is 0 Å². The fourth-order valence-corrected chi connectivity index (χ4v) is 2.10. The molecule has 0 fully saturated rings. The van der Waals surface area contributed by atoms with Crippen molar-refractivity contribution < 1.29 is 14.3 Å². The van der Waals surface area contributed by atoms with Crippen LogP contribution in [0.15, 0.2) is 48.5 Å². The Morgan fingerprint density at radius 1 is 1.05 bits per heavy atom. The van der Waals surface area contributed by atoms with Crippen molar-refractivity contribution in [2.24, 2.45) is 0 Å². The smallest absolute Gasteiger partial charge is 0.231 e. The number of benzene rings is 2. The summed E-state index contributed by atoms with van der Waals surface area (Å²) in [6.07, 6.45) is 0.256. The Hall–Kier alpha value is -2.49. The molecule has 21 heavy (non-hydrogen) atoms. The number of nitrogens with zero attached hydrogens (tertiary/aromatic N) is 1. The third-order valence-electron chi connectivity index (χ3n) is 3.35. The van der Waals surface area contributed by atoms with Gasteiger partial charge in [-0.1, -0.05) is 18.2 Å². The van der Waals surface area contributed by atoms with Gasteiger partial charge >= 0.3 is 0 Å². The monoisotopic (exact) mass is 285 g/mol.